The van der Waals surface area contributed by atoms with Gasteiger partial charge in [0.05, 0.1) is 26.6 Å². The van der Waals surface area contributed by atoms with Gasteiger partial charge in [-0.1, -0.05) is 45.8 Å². The molecule has 0 unspecified atom stereocenters. The molecule has 10 heteroatoms. The summed E-state index contributed by atoms with van der Waals surface area (Å²) in [6.45, 7) is 17.7. The van der Waals surface area contributed by atoms with Gasteiger partial charge in [-0.05, 0) is 13.8 Å². The van der Waals surface area contributed by atoms with Crippen LogP contribution in [0.3, 0.4) is 0 Å². The van der Waals surface area contributed by atoms with Crippen LogP contribution in [0.15, 0.2) is 9.98 Å². The maximum atomic E-state index is 8.84. The zero-order chi connectivity index (χ0) is 18.2. The summed E-state index contributed by atoms with van der Waals surface area (Å²) in [5.41, 5.74) is 1.08. The summed E-state index contributed by atoms with van der Waals surface area (Å²) in [5, 5.41) is 18.4. The number of hydrogen-bond acceptors (Lipinski definition) is 8. The number of aromatic nitrogens is 2. The molecule has 0 bridgehead atoms. The number of nitriles is 2. The predicted octanol–water partition coefficient (Wildman–Crippen LogP) is 3.85. The van der Waals surface area contributed by atoms with Gasteiger partial charge in [0, 0.05) is 0 Å². The van der Waals surface area contributed by atoms with Crippen LogP contribution in [0.4, 0.5) is 10.3 Å². The maximum absolute atomic E-state index is 8.84. The summed E-state index contributed by atoms with van der Waals surface area (Å²) in [6, 6.07) is 3.44. The van der Waals surface area contributed by atoms with E-state index in [0.717, 1.165) is 21.1 Å². The van der Waals surface area contributed by atoms with Gasteiger partial charge in [0.1, 0.15) is 12.1 Å². The summed E-state index contributed by atoms with van der Waals surface area (Å²) in [7, 11) is 0. The van der Waals surface area contributed by atoms with Gasteiger partial charge in [-0.2, -0.15) is 0 Å². The second-order valence-electron chi connectivity index (χ2n) is 5.29. The third kappa shape index (κ3) is 2.56. The minimum absolute atomic E-state index is 0.268. The normalized spacial score (nSPS) is 14.6. The molecule has 3 rings (SSSR count). The van der Waals surface area contributed by atoms with Crippen LogP contribution in [-0.2, 0) is 5.41 Å². The standard InChI is InChI=1S/C15H6N8S2/c1-15(2)11-9(24-13(22-11)20-7(5-16)18-3)10-12(15)23-14(25-10)21-8(6-17)19-4/h1-2H3. The lowest BCUT2D eigenvalue weighted by Gasteiger charge is -2.15. The van der Waals surface area contributed by atoms with E-state index >= 15 is 0 Å². The van der Waals surface area contributed by atoms with Crippen LogP contribution >= 0.6 is 22.7 Å². The lowest BCUT2D eigenvalue weighted by atomic mass is 9.90. The molecule has 8 nitrogen and oxygen atoms in total. The van der Waals surface area contributed by atoms with E-state index in [0.29, 0.717) is 10.3 Å². The highest BCUT2D eigenvalue weighted by molar-refractivity contribution is 7.25. The molecule has 0 amide bonds. The van der Waals surface area contributed by atoms with E-state index in [2.05, 4.69) is 29.6 Å². The van der Waals surface area contributed by atoms with Gasteiger partial charge in [-0.3, -0.25) is 0 Å². The molecule has 2 aromatic rings. The smallest absolute Gasteiger partial charge is 0.351 e. The number of aliphatic imine (C=N–C) groups is 2. The van der Waals surface area contributed by atoms with Crippen LogP contribution in [0.25, 0.3) is 19.4 Å². The summed E-state index contributed by atoms with van der Waals surface area (Å²) in [5.74, 6) is -0.536. The van der Waals surface area contributed by atoms with E-state index in [1.54, 1.807) is 12.1 Å². The zero-order valence-corrected chi connectivity index (χ0v) is 14.5. The SMILES string of the molecule is [C-]#[N+]C(C#N)=Nc1nc2c(s1)-c1sc(N=C(C#N)[N+]#[C-])nc1C2(C)C. The number of amidine groups is 2. The van der Waals surface area contributed by atoms with E-state index in [1.807, 2.05) is 13.8 Å². The van der Waals surface area contributed by atoms with Crippen LogP contribution in [0.1, 0.15) is 25.2 Å². The van der Waals surface area contributed by atoms with Crippen LogP contribution in [0.2, 0.25) is 0 Å². The van der Waals surface area contributed by atoms with Crippen molar-refractivity contribution in [1.82, 2.24) is 9.97 Å². The number of rotatable bonds is 2. The highest BCUT2D eigenvalue weighted by Crippen LogP contribution is 2.55. The molecule has 1 aliphatic carbocycles. The van der Waals surface area contributed by atoms with Gasteiger partial charge in [0.25, 0.3) is 0 Å². The van der Waals surface area contributed by atoms with Crippen LogP contribution in [0.5, 0.6) is 0 Å². The Morgan fingerprint density at radius 3 is 1.68 bits per heavy atom. The quantitative estimate of drug-likeness (QED) is 0.459. The molecule has 0 N–H and O–H groups in total. The molecule has 0 fully saturated rings. The van der Waals surface area contributed by atoms with Crippen molar-refractivity contribution < 1.29 is 0 Å². The molecule has 2 heterocycles. The zero-order valence-electron chi connectivity index (χ0n) is 12.9. The topological polar surface area (TPSA) is 107 Å². The van der Waals surface area contributed by atoms with Gasteiger partial charge in [0.15, 0.2) is 0 Å². The monoisotopic (exact) mass is 362 g/mol. The van der Waals surface area contributed by atoms with Crippen molar-refractivity contribution in [2.75, 3.05) is 0 Å². The largest absolute Gasteiger partial charge is 0.352 e. The van der Waals surface area contributed by atoms with E-state index < -0.39 is 5.41 Å². The van der Waals surface area contributed by atoms with Crippen molar-refractivity contribution in [2.24, 2.45) is 9.98 Å². The highest BCUT2D eigenvalue weighted by Gasteiger charge is 2.43. The Morgan fingerprint density at radius 2 is 1.36 bits per heavy atom. The molecule has 0 radical (unpaired) electrons. The Balaban J connectivity index is 2.13. The Labute approximate surface area is 150 Å². The molecule has 25 heavy (non-hydrogen) atoms. The second-order valence-corrected chi connectivity index (χ2v) is 7.25. The molecule has 0 saturated carbocycles. The molecule has 0 spiro atoms. The first-order valence-electron chi connectivity index (χ1n) is 6.70. The summed E-state index contributed by atoms with van der Waals surface area (Å²) < 4.78 is 0. The minimum Gasteiger partial charge on any atom is -0.351 e. The Morgan fingerprint density at radius 1 is 0.960 bits per heavy atom. The fourth-order valence-corrected chi connectivity index (χ4v) is 4.64. The summed E-state index contributed by atoms with van der Waals surface area (Å²) >= 11 is 2.55. The third-order valence-electron chi connectivity index (χ3n) is 3.44. The van der Waals surface area contributed by atoms with Gasteiger partial charge >= 0.3 is 21.9 Å². The van der Waals surface area contributed by atoms with Crippen LogP contribution < -0.4 is 0 Å². The lowest BCUT2D eigenvalue weighted by Crippen LogP contribution is -2.16. The van der Waals surface area contributed by atoms with Gasteiger partial charge in [0.2, 0.25) is 0 Å². The summed E-state index contributed by atoms with van der Waals surface area (Å²) in [4.78, 5) is 24.6. The molecule has 118 valence electrons. The first kappa shape index (κ1) is 16.4. The molecule has 0 aromatic carbocycles. The maximum Gasteiger partial charge on any atom is 0.352 e. The molecule has 0 aliphatic heterocycles. The number of fused-ring (bicyclic) bond motifs is 3. The van der Waals surface area contributed by atoms with Crippen molar-refractivity contribution >= 4 is 44.6 Å². The number of nitrogens with zero attached hydrogens (tertiary/aromatic N) is 8. The Kier molecular flexibility index (Phi) is 3.87. The van der Waals surface area contributed by atoms with Crippen molar-refractivity contribution in [3.05, 3.63) is 34.2 Å². The molecule has 0 atom stereocenters. The Hall–Kier alpha value is -3.44. The van der Waals surface area contributed by atoms with E-state index in [-0.39, 0.29) is 11.7 Å². The van der Waals surface area contributed by atoms with Gasteiger partial charge < -0.3 is 9.69 Å². The average Bonchev–Trinajstić information content (AvgIpc) is 3.25. The highest BCUT2D eigenvalue weighted by atomic mass is 32.1. The van der Waals surface area contributed by atoms with Crippen LogP contribution in [-0.4, -0.2) is 21.6 Å². The second kappa shape index (κ2) is 5.89. The van der Waals surface area contributed by atoms with Gasteiger partial charge in [-0.15, -0.1) is 0 Å². The number of thiazole rings is 2. The van der Waals surface area contributed by atoms with Crippen LogP contribution in [0, 0.1) is 35.8 Å². The third-order valence-corrected chi connectivity index (χ3v) is 5.50. The minimum atomic E-state index is -0.491. The van der Waals surface area contributed by atoms with Crippen molar-refractivity contribution in [1.29, 1.82) is 10.5 Å². The van der Waals surface area contributed by atoms with E-state index in [9.17, 15) is 0 Å². The molecular weight excluding hydrogens is 356 g/mol. The van der Waals surface area contributed by atoms with Gasteiger partial charge in [-0.25, -0.2) is 20.5 Å². The summed E-state index contributed by atoms with van der Waals surface area (Å²) in [6.07, 6.45) is 0. The van der Waals surface area contributed by atoms with Crippen molar-refractivity contribution in [2.45, 2.75) is 19.3 Å². The molecule has 0 saturated heterocycles. The molecule has 2 aromatic heterocycles. The first-order valence-corrected chi connectivity index (χ1v) is 8.33. The van der Waals surface area contributed by atoms with Crippen molar-refractivity contribution in [3.63, 3.8) is 0 Å². The molecule has 1 aliphatic rings. The molecular formula is C15H6N8S2. The van der Waals surface area contributed by atoms with Crippen molar-refractivity contribution in [3.8, 4) is 21.9 Å². The van der Waals surface area contributed by atoms with E-state index in [4.69, 9.17) is 23.7 Å². The lowest BCUT2D eigenvalue weighted by molar-refractivity contribution is 0.621. The predicted molar refractivity (Wildman–Crippen MR) is 94.0 cm³/mol. The fraction of sp³-hybridized carbons (Fsp3) is 0.200. The number of hydrogen-bond donors (Lipinski definition) is 0. The first-order chi connectivity index (χ1) is 11.9. The Bertz CT molecular complexity index is 998. The fourth-order valence-electron chi connectivity index (χ4n) is 2.31. The van der Waals surface area contributed by atoms with E-state index in [1.165, 1.54) is 22.7 Å². The average molecular weight is 362 g/mol.